The van der Waals surface area contributed by atoms with E-state index in [1.54, 1.807) is 23.0 Å². The lowest BCUT2D eigenvalue weighted by Crippen LogP contribution is -2.39. The second-order valence-electron chi connectivity index (χ2n) is 10.3. The third-order valence-electron chi connectivity index (χ3n) is 6.57. The number of carbonyl (C=O) groups excluding carboxylic acids is 1. The summed E-state index contributed by atoms with van der Waals surface area (Å²) in [6.07, 6.45) is 4.59. The van der Waals surface area contributed by atoms with E-state index in [1.165, 1.54) is 24.1 Å². The quantitative estimate of drug-likeness (QED) is 0.463. The van der Waals surface area contributed by atoms with Gasteiger partial charge in [0.15, 0.2) is 0 Å². The maximum absolute atomic E-state index is 14.9. The van der Waals surface area contributed by atoms with Gasteiger partial charge in [-0.3, -0.25) is 4.90 Å². The summed E-state index contributed by atoms with van der Waals surface area (Å²) >= 11 is 6.43. The Morgan fingerprint density at radius 2 is 2.03 bits per heavy atom. The summed E-state index contributed by atoms with van der Waals surface area (Å²) in [6.45, 7) is 7.09. The van der Waals surface area contributed by atoms with E-state index in [4.69, 9.17) is 16.3 Å². The van der Waals surface area contributed by atoms with Crippen LogP contribution in [0.4, 0.5) is 25.3 Å². The number of halogens is 3. The van der Waals surface area contributed by atoms with Crippen molar-refractivity contribution in [2.24, 2.45) is 0 Å². The largest absolute Gasteiger partial charge is 0.447 e. The number of rotatable bonds is 6. The molecule has 1 aliphatic heterocycles. The fourth-order valence-corrected chi connectivity index (χ4v) is 4.99. The fraction of sp³-hybridized carbons (Fsp3) is 0.440. The van der Waals surface area contributed by atoms with Gasteiger partial charge in [-0.15, -0.1) is 0 Å². The van der Waals surface area contributed by atoms with Crippen LogP contribution in [0.15, 0.2) is 36.9 Å². The van der Waals surface area contributed by atoms with Crippen LogP contribution in [-0.2, 0) is 15.7 Å². The average molecular weight is 517 g/mol. The number of benzene rings is 1. The molecule has 5 rings (SSSR count). The highest BCUT2D eigenvalue weighted by Gasteiger charge is 2.47. The molecule has 2 aromatic heterocycles. The van der Waals surface area contributed by atoms with Crippen LogP contribution in [0.1, 0.15) is 51.8 Å². The Bertz CT molecular complexity index is 1290. The minimum atomic E-state index is -1.28. The fourth-order valence-electron chi connectivity index (χ4n) is 4.50. The molecule has 11 heteroatoms. The van der Waals surface area contributed by atoms with E-state index < -0.39 is 29.3 Å². The zero-order valence-electron chi connectivity index (χ0n) is 20.4. The molecule has 1 aliphatic carbocycles. The predicted molar refractivity (Wildman–Crippen MR) is 132 cm³/mol. The van der Waals surface area contributed by atoms with E-state index in [9.17, 15) is 13.6 Å². The second kappa shape index (κ2) is 8.69. The summed E-state index contributed by atoms with van der Waals surface area (Å²) in [6, 6.07) is 3.98. The van der Waals surface area contributed by atoms with Crippen molar-refractivity contribution in [3.8, 4) is 5.69 Å². The van der Waals surface area contributed by atoms with Crippen molar-refractivity contribution in [1.82, 2.24) is 19.5 Å². The molecular formula is C25H27ClF2N6O2. The molecule has 8 nitrogen and oxygen atoms in total. The summed E-state index contributed by atoms with van der Waals surface area (Å²) in [5, 5.41) is 3.67. The van der Waals surface area contributed by atoms with Crippen LogP contribution in [0.5, 0.6) is 0 Å². The van der Waals surface area contributed by atoms with Gasteiger partial charge >= 0.3 is 6.09 Å². The van der Waals surface area contributed by atoms with E-state index in [1.807, 2.05) is 27.0 Å². The van der Waals surface area contributed by atoms with Gasteiger partial charge in [0.05, 0.1) is 23.2 Å². The van der Waals surface area contributed by atoms with Gasteiger partial charge in [-0.1, -0.05) is 32.4 Å². The number of aromatic nitrogens is 4. The van der Waals surface area contributed by atoms with Crippen molar-refractivity contribution in [2.45, 2.75) is 63.7 Å². The number of hydrogen-bond acceptors (Lipinski definition) is 6. The first-order valence-corrected chi connectivity index (χ1v) is 12.1. The molecule has 1 aromatic carbocycles. The zero-order chi connectivity index (χ0) is 25.8. The van der Waals surface area contributed by atoms with Crippen LogP contribution in [-0.4, -0.2) is 44.4 Å². The highest BCUT2D eigenvalue weighted by atomic mass is 35.5. The number of nitrogens with one attached hydrogen (secondary N) is 1. The van der Waals surface area contributed by atoms with Gasteiger partial charge in [0.2, 0.25) is 5.95 Å². The van der Waals surface area contributed by atoms with Crippen molar-refractivity contribution in [3.05, 3.63) is 59.0 Å². The number of nitrogens with zero attached hydrogens (tertiary/aromatic N) is 5. The van der Waals surface area contributed by atoms with Gasteiger partial charge < -0.3 is 14.6 Å². The first-order chi connectivity index (χ1) is 17.0. The molecule has 1 N–H and O–H groups in total. The molecule has 2 aliphatic rings. The summed E-state index contributed by atoms with van der Waals surface area (Å²) in [5.74, 6) is 0.175. The minimum Gasteiger partial charge on any atom is -0.447 e. The van der Waals surface area contributed by atoms with Crippen LogP contribution in [0.3, 0.4) is 0 Å². The molecule has 0 radical (unpaired) electrons. The minimum absolute atomic E-state index is 0.0357. The van der Waals surface area contributed by atoms with Crippen LogP contribution in [0, 0.1) is 5.82 Å². The molecule has 1 saturated heterocycles. The highest BCUT2D eigenvalue weighted by molar-refractivity contribution is 6.31. The molecule has 1 saturated carbocycles. The molecule has 3 heterocycles. The van der Waals surface area contributed by atoms with E-state index in [0.717, 1.165) is 18.5 Å². The molecule has 2 fully saturated rings. The first-order valence-electron chi connectivity index (χ1n) is 11.7. The number of hydrogen-bond donors (Lipinski definition) is 1. The van der Waals surface area contributed by atoms with E-state index in [-0.39, 0.29) is 24.2 Å². The third-order valence-corrected chi connectivity index (χ3v) is 6.87. The number of imidazole rings is 1. The Morgan fingerprint density at radius 1 is 1.28 bits per heavy atom. The molecule has 1 amide bonds. The van der Waals surface area contributed by atoms with Gasteiger partial charge in [0.1, 0.15) is 30.5 Å². The SMILES string of the molecule is C[C@H](F)C1COC(=O)N1c1ccnc(NC2(c3cn(-c4cc(F)c(C(C)(C)C)c(Cl)c4)cn3)CC2)n1. The summed E-state index contributed by atoms with van der Waals surface area (Å²) < 4.78 is 35.7. The van der Waals surface area contributed by atoms with Crippen molar-refractivity contribution < 1.29 is 18.3 Å². The van der Waals surface area contributed by atoms with Crippen molar-refractivity contribution >= 4 is 29.5 Å². The lowest BCUT2D eigenvalue weighted by Gasteiger charge is -2.22. The number of cyclic esters (lactones) is 1. The molecule has 190 valence electrons. The maximum atomic E-state index is 14.9. The number of alkyl halides is 1. The molecular weight excluding hydrogens is 490 g/mol. The lowest BCUT2D eigenvalue weighted by atomic mass is 9.86. The molecule has 0 spiro atoms. The number of ether oxygens (including phenoxy) is 1. The highest BCUT2D eigenvalue weighted by Crippen LogP contribution is 2.47. The molecule has 2 atom stereocenters. The molecule has 36 heavy (non-hydrogen) atoms. The third kappa shape index (κ3) is 4.38. The van der Waals surface area contributed by atoms with E-state index >= 15 is 0 Å². The number of amides is 1. The van der Waals surface area contributed by atoms with Crippen LogP contribution in [0.2, 0.25) is 5.02 Å². The lowest BCUT2D eigenvalue weighted by molar-refractivity contribution is 0.174. The Balaban J connectivity index is 1.39. The van der Waals surface area contributed by atoms with Gasteiger partial charge in [-0.25, -0.2) is 23.5 Å². The Labute approximate surface area is 212 Å². The standard InChI is InChI=1S/C25H27ClF2N6O2/c1-14(27)18-12-36-23(35)34(18)20-5-8-29-22(31-20)32-25(6-7-25)19-11-33(13-30-19)15-9-16(26)21(17(28)10-15)24(2,3)4/h5,8-11,13-14,18H,6-7,12H2,1-4H3,(H,29,31,32)/t14-,18?/m0/s1. The summed E-state index contributed by atoms with van der Waals surface area (Å²) in [4.78, 5) is 26.7. The van der Waals surface area contributed by atoms with Crippen LogP contribution in [0.25, 0.3) is 5.69 Å². The van der Waals surface area contributed by atoms with E-state index in [0.29, 0.717) is 16.3 Å². The second-order valence-corrected chi connectivity index (χ2v) is 10.7. The summed E-state index contributed by atoms with van der Waals surface area (Å²) in [7, 11) is 0. The Kier molecular flexibility index (Phi) is 5.89. The Hall–Kier alpha value is -3.27. The van der Waals surface area contributed by atoms with Crippen molar-refractivity contribution in [2.75, 3.05) is 16.8 Å². The van der Waals surface area contributed by atoms with Crippen LogP contribution >= 0.6 is 11.6 Å². The van der Waals surface area contributed by atoms with Crippen LogP contribution < -0.4 is 10.2 Å². The van der Waals surface area contributed by atoms with Crippen molar-refractivity contribution in [3.63, 3.8) is 0 Å². The van der Waals surface area contributed by atoms with Gasteiger partial charge in [0.25, 0.3) is 0 Å². The molecule has 0 bridgehead atoms. The Morgan fingerprint density at radius 3 is 2.67 bits per heavy atom. The maximum Gasteiger partial charge on any atom is 0.416 e. The normalized spacial score (nSPS) is 19.8. The number of anilines is 2. The monoisotopic (exact) mass is 516 g/mol. The molecule has 3 aromatic rings. The number of carbonyl (C=O) groups is 1. The van der Waals surface area contributed by atoms with Gasteiger partial charge in [-0.05, 0) is 43.4 Å². The molecule has 1 unspecified atom stereocenters. The van der Waals surface area contributed by atoms with Gasteiger partial charge in [-0.2, -0.15) is 4.98 Å². The first kappa shape index (κ1) is 24.4. The smallest absolute Gasteiger partial charge is 0.416 e. The van der Waals surface area contributed by atoms with Gasteiger partial charge in [0, 0.05) is 23.0 Å². The summed E-state index contributed by atoms with van der Waals surface area (Å²) in [5.41, 5.74) is 0.846. The average Bonchev–Trinajstić information content (AvgIpc) is 3.21. The predicted octanol–water partition coefficient (Wildman–Crippen LogP) is 5.54. The van der Waals surface area contributed by atoms with E-state index in [2.05, 4.69) is 20.3 Å². The zero-order valence-corrected chi connectivity index (χ0v) is 21.2. The topological polar surface area (TPSA) is 85.2 Å². The van der Waals surface area contributed by atoms with Crippen molar-refractivity contribution in [1.29, 1.82) is 0 Å².